The molecule has 4 heteroatoms. The van der Waals surface area contributed by atoms with Crippen LogP contribution in [0.25, 0.3) is 11.4 Å². The molecule has 0 radical (unpaired) electrons. The zero-order valence-electron chi connectivity index (χ0n) is 22.7. The van der Waals surface area contributed by atoms with Gasteiger partial charge in [-0.15, -0.1) is 0 Å². The number of rotatable bonds is 19. The van der Waals surface area contributed by atoms with Crippen molar-refractivity contribution >= 4 is 0 Å². The zero-order valence-corrected chi connectivity index (χ0v) is 22.7. The van der Waals surface area contributed by atoms with Crippen LogP contribution in [0.5, 0.6) is 5.75 Å². The van der Waals surface area contributed by atoms with E-state index in [4.69, 9.17) is 4.74 Å². The summed E-state index contributed by atoms with van der Waals surface area (Å²) in [5.74, 6) is 2.47. The molecule has 0 amide bonds. The van der Waals surface area contributed by atoms with Gasteiger partial charge in [-0.05, 0) is 55.0 Å². The van der Waals surface area contributed by atoms with Gasteiger partial charge in [-0.25, -0.2) is 14.4 Å². The van der Waals surface area contributed by atoms with Crippen molar-refractivity contribution in [3.05, 3.63) is 42.2 Å². The van der Waals surface area contributed by atoms with Crippen molar-refractivity contribution in [1.82, 2.24) is 9.97 Å². The summed E-state index contributed by atoms with van der Waals surface area (Å²) in [5.41, 5.74) is 2.17. The van der Waals surface area contributed by atoms with Crippen molar-refractivity contribution < 1.29 is 9.13 Å². The molecular formula is C32H49FN2O. The first-order chi connectivity index (χ1) is 17.7. The molecule has 0 saturated heterocycles. The van der Waals surface area contributed by atoms with E-state index >= 15 is 0 Å². The smallest absolute Gasteiger partial charge is 0.159 e. The predicted molar refractivity (Wildman–Crippen MR) is 149 cm³/mol. The predicted octanol–water partition coefficient (Wildman–Crippen LogP) is 9.68. The third kappa shape index (κ3) is 11.4. The summed E-state index contributed by atoms with van der Waals surface area (Å²) in [6.45, 7) is 2.29. The van der Waals surface area contributed by atoms with Gasteiger partial charge in [-0.3, -0.25) is 0 Å². The van der Waals surface area contributed by atoms with Crippen LogP contribution in [-0.4, -0.2) is 22.7 Å². The largest absolute Gasteiger partial charge is 0.491 e. The standard InChI is InChI=1S/C32H49FN2O/c1-2-3-4-12-19-30(33)26-36-31-22-20-29(21-23-31)32-34-24-28(25-35-32)18-11-9-7-5-6-8-10-15-27-16-13-14-17-27/h20-25,27,30H,2-19,26H2,1H3/t30-/m1/s1. The van der Waals surface area contributed by atoms with E-state index in [0.717, 1.165) is 36.6 Å². The molecule has 1 aromatic carbocycles. The third-order valence-corrected chi connectivity index (χ3v) is 7.67. The number of benzene rings is 1. The SMILES string of the molecule is CCCCCC[C@@H](F)COc1ccc(-c2ncc(CCCCCCCCCC3CCCC3)cn2)cc1. The van der Waals surface area contributed by atoms with Crippen LogP contribution in [0.2, 0.25) is 0 Å². The molecule has 3 nitrogen and oxygen atoms in total. The van der Waals surface area contributed by atoms with E-state index in [1.54, 1.807) is 0 Å². The minimum atomic E-state index is -0.899. The Labute approximate surface area is 219 Å². The lowest BCUT2D eigenvalue weighted by molar-refractivity contribution is 0.184. The zero-order chi connectivity index (χ0) is 25.3. The lowest BCUT2D eigenvalue weighted by Crippen LogP contribution is -2.12. The maximum absolute atomic E-state index is 14.0. The van der Waals surface area contributed by atoms with Crippen molar-refractivity contribution in [2.75, 3.05) is 6.61 Å². The Balaban J connectivity index is 1.25. The molecule has 0 bridgehead atoms. The number of nitrogens with zero attached hydrogens (tertiary/aromatic N) is 2. The lowest BCUT2D eigenvalue weighted by Gasteiger charge is -2.11. The summed E-state index contributed by atoms with van der Waals surface area (Å²) in [4.78, 5) is 9.14. The first-order valence-electron chi connectivity index (χ1n) is 14.9. The Morgan fingerprint density at radius 3 is 2.17 bits per heavy atom. The Bertz CT molecular complexity index is 802. The van der Waals surface area contributed by atoms with Crippen LogP contribution in [0.1, 0.15) is 122 Å². The summed E-state index contributed by atoms with van der Waals surface area (Å²) in [6, 6.07) is 7.66. The molecule has 0 N–H and O–H groups in total. The maximum Gasteiger partial charge on any atom is 0.159 e. The van der Waals surface area contributed by atoms with E-state index < -0.39 is 6.17 Å². The normalized spacial score (nSPS) is 14.8. The topological polar surface area (TPSA) is 35.0 Å². The highest BCUT2D eigenvalue weighted by Gasteiger charge is 2.13. The van der Waals surface area contributed by atoms with E-state index in [0.29, 0.717) is 12.2 Å². The molecule has 1 atom stereocenters. The molecule has 0 unspecified atom stereocenters. The van der Waals surface area contributed by atoms with Gasteiger partial charge in [-0.1, -0.05) is 103 Å². The summed E-state index contributed by atoms with van der Waals surface area (Å²) in [5, 5.41) is 0. The van der Waals surface area contributed by atoms with E-state index in [-0.39, 0.29) is 6.61 Å². The third-order valence-electron chi connectivity index (χ3n) is 7.67. The van der Waals surface area contributed by atoms with Gasteiger partial charge in [0.1, 0.15) is 18.5 Å². The van der Waals surface area contributed by atoms with Crippen LogP contribution < -0.4 is 4.74 Å². The monoisotopic (exact) mass is 496 g/mol. The van der Waals surface area contributed by atoms with Gasteiger partial charge >= 0.3 is 0 Å². The van der Waals surface area contributed by atoms with Gasteiger partial charge in [0.2, 0.25) is 0 Å². The van der Waals surface area contributed by atoms with Gasteiger partial charge < -0.3 is 4.74 Å². The van der Waals surface area contributed by atoms with Crippen LogP contribution in [0.3, 0.4) is 0 Å². The Kier molecular flexibility index (Phi) is 13.9. The number of unbranched alkanes of at least 4 members (excludes halogenated alkanes) is 9. The number of ether oxygens (including phenoxy) is 1. The fraction of sp³-hybridized carbons (Fsp3) is 0.688. The summed E-state index contributed by atoms with van der Waals surface area (Å²) in [6.07, 6.45) is 26.0. The van der Waals surface area contributed by atoms with E-state index in [1.165, 1.54) is 95.5 Å². The number of hydrogen-bond acceptors (Lipinski definition) is 3. The highest BCUT2D eigenvalue weighted by molar-refractivity contribution is 5.55. The van der Waals surface area contributed by atoms with Gasteiger partial charge in [0.15, 0.2) is 5.82 Å². The van der Waals surface area contributed by atoms with Gasteiger partial charge in [0.05, 0.1) is 0 Å². The highest BCUT2D eigenvalue weighted by atomic mass is 19.1. The quantitative estimate of drug-likeness (QED) is 0.182. The van der Waals surface area contributed by atoms with Crippen molar-refractivity contribution in [3.8, 4) is 17.1 Å². The van der Waals surface area contributed by atoms with Crippen LogP contribution in [0, 0.1) is 5.92 Å². The minimum absolute atomic E-state index is 0.122. The number of aromatic nitrogens is 2. The molecule has 36 heavy (non-hydrogen) atoms. The summed E-state index contributed by atoms with van der Waals surface area (Å²) >= 11 is 0. The Hall–Kier alpha value is -1.97. The highest BCUT2D eigenvalue weighted by Crippen LogP contribution is 2.29. The molecule has 1 heterocycles. The summed E-state index contributed by atoms with van der Waals surface area (Å²) < 4.78 is 19.6. The van der Waals surface area contributed by atoms with Gasteiger partial charge in [0, 0.05) is 18.0 Å². The molecule has 0 spiro atoms. The van der Waals surface area contributed by atoms with Gasteiger partial charge in [0.25, 0.3) is 0 Å². The fourth-order valence-corrected chi connectivity index (χ4v) is 5.34. The average Bonchev–Trinajstić information content (AvgIpc) is 3.43. The average molecular weight is 497 g/mol. The van der Waals surface area contributed by atoms with Crippen LogP contribution in [-0.2, 0) is 6.42 Å². The first-order valence-corrected chi connectivity index (χ1v) is 14.9. The Morgan fingerprint density at radius 2 is 1.47 bits per heavy atom. The molecule has 0 aliphatic heterocycles. The fourth-order valence-electron chi connectivity index (χ4n) is 5.34. The molecule has 2 aromatic rings. The summed E-state index contributed by atoms with van der Waals surface area (Å²) in [7, 11) is 0. The molecule has 1 aliphatic rings. The number of halogens is 1. The Morgan fingerprint density at radius 1 is 0.833 bits per heavy atom. The van der Waals surface area contributed by atoms with E-state index in [1.807, 2.05) is 36.7 Å². The minimum Gasteiger partial charge on any atom is -0.491 e. The van der Waals surface area contributed by atoms with E-state index in [2.05, 4.69) is 16.9 Å². The molecule has 200 valence electrons. The molecule has 1 fully saturated rings. The number of alkyl halides is 1. The van der Waals surface area contributed by atoms with Gasteiger partial charge in [-0.2, -0.15) is 0 Å². The molecule has 3 rings (SSSR count). The van der Waals surface area contributed by atoms with Crippen LogP contribution in [0.15, 0.2) is 36.7 Å². The van der Waals surface area contributed by atoms with Crippen molar-refractivity contribution in [2.45, 2.75) is 129 Å². The maximum atomic E-state index is 14.0. The number of aryl methyl sites for hydroxylation is 1. The molecule has 1 aliphatic carbocycles. The van der Waals surface area contributed by atoms with Crippen molar-refractivity contribution in [1.29, 1.82) is 0 Å². The molecular weight excluding hydrogens is 447 g/mol. The number of hydrogen-bond donors (Lipinski definition) is 0. The van der Waals surface area contributed by atoms with Crippen LogP contribution in [0.4, 0.5) is 4.39 Å². The van der Waals surface area contributed by atoms with E-state index in [9.17, 15) is 4.39 Å². The molecule has 1 saturated carbocycles. The molecule has 1 aromatic heterocycles. The van der Waals surface area contributed by atoms with Crippen molar-refractivity contribution in [2.24, 2.45) is 5.92 Å². The second kappa shape index (κ2) is 17.5. The first kappa shape index (κ1) is 28.6. The lowest BCUT2D eigenvalue weighted by atomic mass is 9.99. The van der Waals surface area contributed by atoms with Crippen LogP contribution >= 0.6 is 0 Å². The second-order valence-electron chi connectivity index (χ2n) is 10.9. The van der Waals surface area contributed by atoms with Crippen molar-refractivity contribution in [3.63, 3.8) is 0 Å². The second-order valence-corrected chi connectivity index (χ2v) is 10.9.